The van der Waals surface area contributed by atoms with Crippen molar-refractivity contribution in [3.63, 3.8) is 0 Å². The van der Waals surface area contributed by atoms with E-state index in [4.69, 9.17) is 4.98 Å². The summed E-state index contributed by atoms with van der Waals surface area (Å²) >= 11 is 2.32. The first-order valence-corrected chi connectivity index (χ1v) is 6.84. The Labute approximate surface area is 112 Å². The van der Waals surface area contributed by atoms with Gasteiger partial charge in [-0.15, -0.1) is 0 Å². The Morgan fingerprint density at radius 2 is 1.88 bits per heavy atom. The van der Waals surface area contributed by atoms with E-state index in [1.807, 2.05) is 7.05 Å². The monoisotopic (exact) mass is 333 g/mol. The second-order valence-electron chi connectivity index (χ2n) is 4.34. The fourth-order valence-electron chi connectivity index (χ4n) is 1.43. The lowest BCUT2D eigenvalue weighted by molar-refractivity contribution is 0.661. The molecule has 0 aliphatic rings. The van der Waals surface area contributed by atoms with Crippen molar-refractivity contribution in [3.8, 4) is 0 Å². The fraction of sp³-hybridized carbons (Fsp3) is 0.667. The van der Waals surface area contributed by atoms with Crippen LogP contribution >= 0.6 is 22.6 Å². The summed E-state index contributed by atoms with van der Waals surface area (Å²) in [6.07, 6.45) is 1.07. The van der Waals surface area contributed by atoms with Gasteiger partial charge in [-0.2, -0.15) is 0 Å². The van der Waals surface area contributed by atoms with Gasteiger partial charge in [-0.1, -0.05) is 27.7 Å². The van der Waals surface area contributed by atoms with Crippen LogP contribution in [0.3, 0.4) is 0 Å². The van der Waals surface area contributed by atoms with Crippen molar-refractivity contribution in [1.29, 1.82) is 0 Å². The summed E-state index contributed by atoms with van der Waals surface area (Å²) in [4.78, 5) is 9.27. The quantitative estimate of drug-likeness (QED) is 0.853. The van der Waals surface area contributed by atoms with Crippen LogP contribution in [0.1, 0.15) is 57.5 Å². The molecule has 1 atom stereocenters. The van der Waals surface area contributed by atoms with E-state index in [2.05, 4.69) is 60.6 Å². The van der Waals surface area contributed by atoms with Crippen LogP contribution in [0.4, 0.5) is 5.82 Å². The third-order valence-electron chi connectivity index (χ3n) is 2.73. The minimum atomic E-state index is 0.418. The molecule has 0 aliphatic heterocycles. The van der Waals surface area contributed by atoms with Gasteiger partial charge in [0.25, 0.3) is 0 Å². The summed E-state index contributed by atoms with van der Waals surface area (Å²) in [6, 6.07) is 0. The Morgan fingerprint density at radius 3 is 2.31 bits per heavy atom. The minimum Gasteiger partial charge on any atom is -0.372 e. The van der Waals surface area contributed by atoms with Gasteiger partial charge in [-0.05, 0) is 34.9 Å². The molecule has 1 unspecified atom stereocenters. The first kappa shape index (κ1) is 13.7. The molecule has 0 saturated carbocycles. The van der Waals surface area contributed by atoms with E-state index in [1.54, 1.807) is 0 Å². The summed E-state index contributed by atoms with van der Waals surface area (Å²) in [5.74, 6) is 2.76. The van der Waals surface area contributed by atoms with Gasteiger partial charge in [-0.25, -0.2) is 9.97 Å². The van der Waals surface area contributed by atoms with Crippen molar-refractivity contribution in [2.45, 2.75) is 46.0 Å². The number of rotatable bonds is 4. The van der Waals surface area contributed by atoms with Crippen molar-refractivity contribution in [2.24, 2.45) is 0 Å². The molecule has 0 fully saturated rings. The van der Waals surface area contributed by atoms with E-state index in [1.165, 1.54) is 0 Å². The van der Waals surface area contributed by atoms with Crippen LogP contribution < -0.4 is 5.32 Å². The fourth-order valence-corrected chi connectivity index (χ4v) is 2.57. The number of nitrogens with zero attached hydrogens (tertiary/aromatic N) is 2. The Kier molecular flexibility index (Phi) is 4.95. The summed E-state index contributed by atoms with van der Waals surface area (Å²) in [5, 5.41) is 3.15. The average Bonchev–Trinajstić information content (AvgIpc) is 2.27. The largest absolute Gasteiger partial charge is 0.372 e. The van der Waals surface area contributed by atoms with E-state index < -0.39 is 0 Å². The van der Waals surface area contributed by atoms with E-state index in [9.17, 15) is 0 Å². The first-order chi connectivity index (χ1) is 7.51. The van der Waals surface area contributed by atoms with Gasteiger partial charge in [-0.3, -0.25) is 0 Å². The Morgan fingerprint density at radius 1 is 1.25 bits per heavy atom. The molecule has 16 heavy (non-hydrogen) atoms. The van der Waals surface area contributed by atoms with Gasteiger partial charge in [0, 0.05) is 13.0 Å². The summed E-state index contributed by atoms with van der Waals surface area (Å²) in [6.45, 7) is 8.68. The van der Waals surface area contributed by atoms with E-state index in [0.29, 0.717) is 11.8 Å². The normalized spacial score (nSPS) is 12.9. The lowest BCUT2D eigenvalue weighted by atomic mass is 10.1. The van der Waals surface area contributed by atoms with Crippen molar-refractivity contribution in [3.05, 3.63) is 15.1 Å². The van der Waals surface area contributed by atoms with Crippen molar-refractivity contribution < 1.29 is 0 Å². The minimum absolute atomic E-state index is 0.418. The van der Waals surface area contributed by atoms with Crippen LogP contribution in [0.5, 0.6) is 0 Å². The molecule has 0 aromatic carbocycles. The zero-order valence-corrected chi connectivity index (χ0v) is 12.8. The SMILES string of the molecule is CCC(C)c1nc(NC)c(I)c(C(C)C)n1. The zero-order chi connectivity index (χ0) is 12.3. The molecule has 0 aliphatic carbocycles. The number of hydrogen-bond donors (Lipinski definition) is 1. The van der Waals surface area contributed by atoms with Crippen LogP contribution in [0.15, 0.2) is 0 Å². The molecule has 0 amide bonds. The maximum absolute atomic E-state index is 4.69. The smallest absolute Gasteiger partial charge is 0.143 e. The Balaban J connectivity index is 3.28. The molecule has 90 valence electrons. The highest BCUT2D eigenvalue weighted by molar-refractivity contribution is 14.1. The molecule has 1 N–H and O–H groups in total. The number of halogens is 1. The Bertz CT molecular complexity index is 364. The second-order valence-corrected chi connectivity index (χ2v) is 5.42. The lowest BCUT2D eigenvalue weighted by Gasteiger charge is -2.15. The van der Waals surface area contributed by atoms with Gasteiger partial charge in [0.15, 0.2) is 0 Å². The zero-order valence-electron chi connectivity index (χ0n) is 10.6. The molecule has 0 spiro atoms. The molecular formula is C12H20IN3. The average molecular weight is 333 g/mol. The molecule has 0 bridgehead atoms. The van der Waals surface area contributed by atoms with Crippen molar-refractivity contribution in [2.75, 3.05) is 12.4 Å². The molecule has 3 nitrogen and oxygen atoms in total. The topological polar surface area (TPSA) is 37.8 Å². The second kappa shape index (κ2) is 5.80. The van der Waals surface area contributed by atoms with Gasteiger partial charge < -0.3 is 5.32 Å². The van der Waals surface area contributed by atoms with Crippen molar-refractivity contribution >= 4 is 28.4 Å². The number of nitrogens with one attached hydrogen (secondary N) is 1. The highest BCUT2D eigenvalue weighted by Gasteiger charge is 2.16. The summed E-state index contributed by atoms with van der Waals surface area (Å²) in [7, 11) is 1.91. The third kappa shape index (κ3) is 2.84. The van der Waals surface area contributed by atoms with Crippen LogP contribution in [0, 0.1) is 3.57 Å². The predicted octanol–water partition coefficient (Wildman–Crippen LogP) is 3.76. The highest BCUT2D eigenvalue weighted by atomic mass is 127. The standard InChI is InChI=1S/C12H20IN3/c1-6-8(4)11-15-10(7(2)3)9(13)12(14-5)16-11/h7-8H,6H2,1-5H3,(H,14,15,16). The molecule has 0 radical (unpaired) electrons. The van der Waals surface area contributed by atoms with Gasteiger partial charge in [0.2, 0.25) is 0 Å². The van der Waals surface area contributed by atoms with E-state index in [-0.39, 0.29) is 0 Å². The predicted molar refractivity (Wildman–Crippen MR) is 77.1 cm³/mol. The highest BCUT2D eigenvalue weighted by Crippen LogP contribution is 2.27. The van der Waals surface area contributed by atoms with Crippen molar-refractivity contribution in [1.82, 2.24) is 9.97 Å². The summed E-state index contributed by atoms with van der Waals surface area (Å²) in [5.41, 5.74) is 1.15. The number of anilines is 1. The Hall–Kier alpha value is -0.390. The molecular weight excluding hydrogens is 313 g/mol. The summed E-state index contributed by atoms with van der Waals surface area (Å²) < 4.78 is 1.14. The van der Waals surface area contributed by atoms with Crippen LogP contribution in [0.2, 0.25) is 0 Å². The molecule has 1 heterocycles. The van der Waals surface area contributed by atoms with Crippen LogP contribution in [-0.4, -0.2) is 17.0 Å². The van der Waals surface area contributed by atoms with Gasteiger partial charge in [0.05, 0.1) is 9.26 Å². The number of aromatic nitrogens is 2. The molecule has 4 heteroatoms. The first-order valence-electron chi connectivity index (χ1n) is 5.76. The van der Waals surface area contributed by atoms with Gasteiger partial charge >= 0.3 is 0 Å². The maximum atomic E-state index is 4.69. The van der Waals surface area contributed by atoms with E-state index >= 15 is 0 Å². The molecule has 0 saturated heterocycles. The number of hydrogen-bond acceptors (Lipinski definition) is 3. The van der Waals surface area contributed by atoms with E-state index in [0.717, 1.165) is 27.3 Å². The molecule has 1 rings (SSSR count). The van der Waals surface area contributed by atoms with Crippen LogP contribution in [0.25, 0.3) is 0 Å². The maximum Gasteiger partial charge on any atom is 0.143 e. The third-order valence-corrected chi connectivity index (χ3v) is 3.79. The van der Waals surface area contributed by atoms with Crippen LogP contribution in [-0.2, 0) is 0 Å². The molecule has 1 aromatic rings. The lowest BCUT2D eigenvalue weighted by Crippen LogP contribution is -2.10. The molecule has 1 aromatic heterocycles. The van der Waals surface area contributed by atoms with Gasteiger partial charge in [0.1, 0.15) is 11.6 Å².